The summed E-state index contributed by atoms with van der Waals surface area (Å²) in [4.78, 5) is 36.2. The number of esters is 1. The SMILES string of the molecule is COC(=O)c1ccc(NC(=O)c2ccc(C(=O)Nc3cccc(C)c3)cc2)cc1. The molecule has 0 aliphatic heterocycles. The van der Waals surface area contributed by atoms with Gasteiger partial charge in [0.1, 0.15) is 0 Å². The third kappa shape index (κ3) is 5.07. The molecule has 0 aliphatic rings. The minimum Gasteiger partial charge on any atom is -0.465 e. The number of carbonyl (C=O) groups is 3. The fourth-order valence-corrected chi connectivity index (χ4v) is 2.71. The Morgan fingerprint density at radius 1 is 0.690 bits per heavy atom. The van der Waals surface area contributed by atoms with Crippen LogP contribution in [0.3, 0.4) is 0 Å². The Labute approximate surface area is 168 Å². The highest BCUT2D eigenvalue weighted by Gasteiger charge is 2.11. The first kappa shape index (κ1) is 19.8. The summed E-state index contributed by atoms with van der Waals surface area (Å²) in [6, 6.07) is 20.3. The zero-order valence-corrected chi connectivity index (χ0v) is 16.1. The maximum atomic E-state index is 12.4. The maximum absolute atomic E-state index is 12.4. The van der Waals surface area contributed by atoms with Gasteiger partial charge in [-0.05, 0) is 73.2 Å². The summed E-state index contributed by atoms with van der Waals surface area (Å²) < 4.78 is 4.64. The molecule has 6 heteroatoms. The number of aryl methyl sites for hydroxylation is 1. The summed E-state index contributed by atoms with van der Waals surface area (Å²) in [7, 11) is 1.31. The van der Waals surface area contributed by atoms with Gasteiger partial charge in [0.15, 0.2) is 0 Å². The molecule has 29 heavy (non-hydrogen) atoms. The number of hydrogen-bond acceptors (Lipinski definition) is 4. The van der Waals surface area contributed by atoms with E-state index >= 15 is 0 Å². The Morgan fingerprint density at radius 2 is 1.21 bits per heavy atom. The van der Waals surface area contributed by atoms with Crippen molar-refractivity contribution >= 4 is 29.2 Å². The average molecular weight is 388 g/mol. The molecule has 2 amide bonds. The number of methoxy groups -OCH3 is 1. The third-order valence-electron chi connectivity index (χ3n) is 4.25. The van der Waals surface area contributed by atoms with Crippen LogP contribution >= 0.6 is 0 Å². The first-order valence-electron chi connectivity index (χ1n) is 8.94. The second-order valence-corrected chi connectivity index (χ2v) is 6.42. The van der Waals surface area contributed by atoms with Crippen molar-refractivity contribution in [2.24, 2.45) is 0 Å². The van der Waals surface area contributed by atoms with E-state index in [1.807, 2.05) is 31.2 Å². The van der Waals surface area contributed by atoms with Crippen molar-refractivity contribution in [3.8, 4) is 0 Å². The van der Waals surface area contributed by atoms with Crippen LogP contribution < -0.4 is 10.6 Å². The standard InChI is InChI=1S/C23H20N2O4/c1-15-4-3-5-20(14-15)25-22(27)17-8-6-16(7-9-17)21(26)24-19-12-10-18(11-13-19)23(28)29-2/h3-14H,1-2H3,(H,24,26)(H,25,27). The van der Waals surface area contributed by atoms with E-state index in [2.05, 4.69) is 15.4 Å². The van der Waals surface area contributed by atoms with Crippen LogP contribution in [0.15, 0.2) is 72.8 Å². The van der Waals surface area contributed by atoms with E-state index in [1.165, 1.54) is 7.11 Å². The molecule has 0 unspecified atom stereocenters. The zero-order valence-electron chi connectivity index (χ0n) is 16.1. The molecular weight excluding hydrogens is 368 g/mol. The number of benzene rings is 3. The van der Waals surface area contributed by atoms with Crippen LogP contribution in [0.1, 0.15) is 36.6 Å². The number of ether oxygens (including phenoxy) is 1. The molecule has 0 spiro atoms. The minimum atomic E-state index is -0.442. The van der Waals surface area contributed by atoms with Crippen molar-refractivity contribution in [2.45, 2.75) is 6.92 Å². The Balaban J connectivity index is 1.64. The van der Waals surface area contributed by atoms with Crippen LogP contribution in [0.5, 0.6) is 0 Å². The molecule has 0 atom stereocenters. The Morgan fingerprint density at radius 3 is 1.72 bits per heavy atom. The molecule has 3 aromatic rings. The van der Waals surface area contributed by atoms with Crippen molar-refractivity contribution in [3.05, 3.63) is 95.1 Å². The summed E-state index contributed by atoms with van der Waals surface area (Å²) in [5, 5.41) is 5.57. The topological polar surface area (TPSA) is 84.5 Å². The van der Waals surface area contributed by atoms with Crippen molar-refractivity contribution < 1.29 is 19.1 Å². The summed E-state index contributed by atoms with van der Waals surface area (Å²) in [6.45, 7) is 1.95. The van der Waals surface area contributed by atoms with Crippen LogP contribution in [-0.4, -0.2) is 24.9 Å². The van der Waals surface area contributed by atoms with Gasteiger partial charge in [-0.1, -0.05) is 12.1 Å². The summed E-state index contributed by atoms with van der Waals surface area (Å²) >= 11 is 0. The minimum absolute atomic E-state index is 0.249. The van der Waals surface area contributed by atoms with Crippen LogP contribution in [0.4, 0.5) is 11.4 Å². The van der Waals surface area contributed by atoms with Gasteiger partial charge in [-0.25, -0.2) is 4.79 Å². The lowest BCUT2D eigenvalue weighted by molar-refractivity contribution is 0.0600. The largest absolute Gasteiger partial charge is 0.465 e. The molecule has 0 fully saturated rings. The van der Waals surface area contributed by atoms with Gasteiger partial charge in [0.05, 0.1) is 12.7 Å². The predicted octanol–water partition coefficient (Wildman–Crippen LogP) is 4.29. The van der Waals surface area contributed by atoms with E-state index in [1.54, 1.807) is 48.5 Å². The number of rotatable bonds is 5. The maximum Gasteiger partial charge on any atom is 0.337 e. The monoisotopic (exact) mass is 388 g/mol. The predicted molar refractivity (Wildman–Crippen MR) is 111 cm³/mol. The summed E-state index contributed by atoms with van der Waals surface area (Å²) in [6.07, 6.45) is 0. The van der Waals surface area contributed by atoms with Gasteiger partial charge in [-0.15, -0.1) is 0 Å². The van der Waals surface area contributed by atoms with E-state index in [0.29, 0.717) is 28.1 Å². The molecule has 146 valence electrons. The smallest absolute Gasteiger partial charge is 0.337 e. The number of carbonyl (C=O) groups excluding carboxylic acids is 3. The first-order valence-corrected chi connectivity index (χ1v) is 8.94. The van der Waals surface area contributed by atoms with Crippen molar-refractivity contribution in [2.75, 3.05) is 17.7 Å². The van der Waals surface area contributed by atoms with Crippen LogP contribution in [-0.2, 0) is 4.74 Å². The normalized spacial score (nSPS) is 10.1. The molecule has 0 saturated heterocycles. The van der Waals surface area contributed by atoms with Crippen molar-refractivity contribution in [1.82, 2.24) is 0 Å². The van der Waals surface area contributed by atoms with Gasteiger partial charge in [0, 0.05) is 22.5 Å². The number of anilines is 2. The molecule has 3 aromatic carbocycles. The number of hydrogen-bond donors (Lipinski definition) is 2. The van der Waals surface area contributed by atoms with E-state index in [0.717, 1.165) is 5.56 Å². The molecule has 0 heterocycles. The summed E-state index contributed by atoms with van der Waals surface area (Å²) in [5.74, 6) is -1.01. The highest BCUT2D eigenvalue weighted by molar-refractivity contribution is 6.07. The molecule has 6 nitrogen and oxygen atoms in total. The van der Waals surface area contributed by atoms with E-state index in [4.69, 9.17) is 0 Å². The lowest BCUT2D eigenvalue weighted by Crippen LogP contribution is -2.14. The quantitative estimate of drug-likeness (QED) is 0.639. The molecule has 2 N–H and O–H groups in total. The molecule has 0 aliphatic carbocycles. The molecular formula is C23H20N2O4. The lowest BCUT2D eigenvalue weighted by atomic mass is 10.1. The van der Waals surface area contributed by atoms with Gasteiger partial charge in [-0.3, -0.25) is 9.59 Å². The zero-order chi connectivity index (χ0) is 20.8. The lowest BCUT2D eigenvalue weighted by Gasteiger charge is -2.08. The first-order chi connectivity index (χ1) is 14.0. The fourth-order valence-electron chi connectivity index (χ4n) is 2.71. The van der Waals surface area contributed by atoms with Gasteiger partial charge in [0.2, 0.25) is 0 Å². The number of amides is 2. The fraction of sp³-hybridized carbons (Fsp3) is 0.0870. The van der Waals surface area contributed by atoms with Gasteiger partial charge in [-0.2, -0.15) is 0 Å². The summed E-state index contributed by atoms with van der Waals surface area (Å²) in [5.41, 5.74) is 3.57. The van der Waals surface area contributed by atoms with Crippen LogP contribution in [0.25, 0.3) is 0 Å². The second-order valence-electron chi connectivity index (χ2n) is 6.42. The van der Waals surface area contributed by atoms with Gasteiger partial charge >= 0.3 is 5.97 Å². The van der Waals surface area contributed by atoms with Crippen molar-refractivity contribution in [3.63, 3.8) is 0 Å². The van der Waals surface area contributed by atoms with Gasteiger partial charge in [0.25, 0.3) is 11.8 Å². The van der Waals surface area contributed by atoms with E-state index in [-0.39, 0.29) is 11.8 Å². The van der Waals surface area contributed by atoms with Crippen LogP contribution in [0.2, 0.25) is 0 Å². The van der Waals surface area contributed by atoms with Crippen molar-refractivity contribution in [1.29, 1.82) is 0 Å². The Kier molecular flexibility index (Phi) is 6.04. The average Bonchev–Trinajstić information content (AvgIpc) is 2.74. The molecule has 0 aromatic heterocycles. The van der Waals surface area contributed by atoms with E-state index in [9.17, 15) is 14.4 Å². The van der Waals surface area contributed by atoms with Gasteiger partial charge < -0.3 is 15.4 Å². The molecule has 0 radical (unpaired) electrons. The van der Waals surface area contributed by atoms with Crippen LogP contribution in [0, 0.1) is 6.92 Å². The third-order valence-corrected chi connectivity index (χ3v) is 4.25. The second kappa shape index (κ2) is 8.84. The highest BCUT2D eigenvalue weighted by Crippen LogP contribution is 2.14. The Hall–Kier alpha value is -3.93. The highest BCUT2D eigenvalue weighted by atomic mass is 16.5. The van der Waals surface area contributed by atoms with E-state index < -0.39 is 5.97 Å². The molecule has 0 saturated carbocycles. The molecule has 0 bridgehead atoms. The Bertz CT molecular complexity index is 1040. The number of nitrogens with one attached hydrogen (secondary N) is 2. The molecule has 3 rings (SSSR count).